The zero-order valence-electron chi connectivity index (χ0n) is 12.9. The molecule has 0 atom stereocenters. The quantitative estimate of drug-likeness (QED) is 0.891. The number of benzene rings is 1. The Bertz CT molecular complexity index is 593. The average Bonchev–Trinajstić information content (AvgIpc) is 2.37. The summed E-state index contributed by atoms with van der Waals surface area (Å²) in [4.78, 5) is 8.95. The second-order valence-corrected chi connectivity index (χ2v) is 6.52. The molecule has 20 heavy (non-hydrogen) atoms. The Labute approximate surface area is 121 Å². The van der Waals surface area contributed by atoms with Crippen molar-refractivity contribution in [3.8, 4) is 11.4 Å². The molecule has 0 aliphatic carbocycles. The van der Waals surface area contributed by atoms with Crippen molar-refractivity contribution in [3.63, 3.8) is 0 Å². The number of aromatic nitrogens is 2. The molecule has 1 aromatic heterocycles. The van der Waals surface area contributed by atoms with Gasteiger partial charge >= 0.3 is 0 Å². The maximum atomic E-state index is 5.88. The van der Waals surface area contributed by atoms with Crippen molar-refractivity contribution >= 4 is 5.82 Å². The number of nitrogen functional groups attached to an aromatic ring is 1. The molecule has 0 unspecified atom stereocenters. The monoisotopic (exact) mass is 269 g/mol. The SMILES string of the molecule is CC(C)c1cc(N)nc(-c2ccc(C(C)(C)C)cc2)n1. The summed E-state index contributed by atoms with van der Waals surface area (Å²) >= 11 is 0. The van der Waals surface area contributed by atoms with Crippen LogP contribution in [0, 0.1) is 0 Å². The summed E-state index contributed by atoms with van der Waals surface area (Å²) in [6.07, 6.45) is 0. The number of hydrogen-bond donors (Lipinski definition) is 1. The normalized spacial score (nSPS) is 11.9. The van der Waals surface area contributed by atoms with Crippen molar-refractivity contribution in [2.75, 3.05) is 5.73 Å². The molecule has 0 radical (unpaired) electrons. The number of anilines is 1. The lowest BCUT2D eigenvalue weighted by atomic mass is 9.86. The maximum Gasteiger partial charge on any atom is 0.161 e. The van der Waals surface area contributed by atoms with E-state index in [1.807, 2.05) is 6.07 Å². The van der Waals surface area contributed by atoms with E-state index in [4.69, 9.17) is 5.73 Å². The largest absolute Gasteiger partial charge is 0.384 e. The molecule has 0 saturated carbocycles. The third-order valence-electron chi connectivity index (χ3n) is 3.37. The number of nitrogens with zero attached hydrogens (tertiary/aromatic N) is 2. The molecule has 2 aromatic rings. The minimum Gasteiger partial charge on any atom is -0.384 e. The smallest absolute Gasteiger partial charge is 0.161 e. The van der Waals surface area contributed by atoms with Gasteiger partial charge in [0, 0.05) is 17.3 Å². The molecule has 0 saturated heterocycles. The van der Waals surface area contributed by atoms with Crippen LogP contribution in [-0.4, -0.2) is 9.97 Å². The lowest BCUT2D eigenvalue weighted by Crippen LogP contribution is -2.10. The summed E-state index contributed by atoms with van der Waals surface area (Å²) in [5.74, 6) is 1.57. The Morgan fingerprint density at radius 1 is 1.00 bits per heavy atom. The first-order chi connectivity index (χ1) is 9.27. The fraction of sp³-hybridized carbons (Fsp3) is 0.412. The maximum absolute atomic E-state index is 5.88. The molecule has 0 fully saturated rings. The molecular weight excluding hydrogens is 246 g/mol. The van der Waals surface area contributed by atoms with E-state index in [0.717, 1.165) is 11.3 Å². The highest BCUT2D eigenvalue weighted by Crippen LogP contribution is 2.26. The molecule has 3 heteroatoms. The Balaban J connectivity index is 2.41. The van der Waals surface area contributed by atoms with Crippen LogP contribution < -0.4 is 5.73 Å². The van der Waals surface area contributed by atoms with Crippen LogP contribution in [0.5, 0.6) is 0 Å². The van der Waals surface area contributed by atoms with Crippen LogP contribution in [0.15, 0.2) is 30.3 Å². The van der Waals surface area contributed by atoms with Crippen LogP contribution in [-0.2, 0) is 5.41 Å². The topological polar surface area (TPSA) is 51.8 Å². The number of nitrogens with two attached hydrogens (primary N) is 1. The van der Waals surface area contributed by atoms with Gasteiger partial charge in [-0.2, -0.15) is 0 Å². The highest BCUT2D eigenvalue weighted by atomic mass is 14.9. The van der Waals surface area contributed by atoms with Crippen molar-refractivity contribution in [2.45, 2.75) is 46.0 Å². The third kappa shape index (κ3) is 3.16. The van der Waals surface area contributed by atoms with E-state index >= 15 is 0 Å². The van der Waals surface area contributed by atoms with E-state index in [1.165, 1.54) is 5.56 Å². The molecule has 0 bridgehead atoms. The molecule has 1 heterocycles. The van der Waals surface area contributed by atoms with Gasteiger partial charge < -0.3 is 5.73 Å². The van der Waals surface area contributed by atoms with Crippen LogP contribution in [0.2, 0.25) is 0 Å². The molecule has 3 nitrogen and oxygen atoms in total. The van der Waals surface area contributed by atoms with Crippen LogP contribution >= 0.6 is 0 Å². The van der Waals surface area contributed by atoms with Gasteiger partial charge in [0.1, 0.15) is 5.82 Å². The second kappa shape index (κ2) is 5.23. The molecular formula is C17H23N3. The average molecular weight is 269 g/mol. The summed E-state index contributed by atoms with van der Waals surface area (Å²) in [6, 6.07) is 10.3. The molecule has 0 aliphatic rings. The Hall–Kier alpha value is -1.90. The fourth-order valence-corrected chi connectivity index (χ4v) is 2.03. The molecule has 0 spiro atoms. The summed E-state index contributed by atoms with van der Waals surface area (Å²) in [5, 5.41) is 0. The lowest BCUT2D eigenvalue weighted by molar-refractivity contribution is 0.590. The van der Waals surface area contributed by atoms with E-state index < -0.39 is 0 Å². The number of rotatable bonds is 2. The molecule has 2 N–H and O–H groups in total. The predicted molar refractivity (Wildman–Crippen MR) is 84.7 cm³/mol. The Kier molecular flexibility index (Phi) is 3.80. The molecule has 0 aliphatic heterocycles. The lowest BCUT2D eigenvalue weighted by Gasteiger charge is -2.19. The summed E-state index contributed by atoms with van der Waals surface area (Å²) in [5.41, 5.74) is 9.32. The van der Waals surface area contributed by atoms with Gasteiger partial charge in [0.25, 0.3) is 0 Å². The van der Waals surface area contributed by atoms with Crippen LogP contribution in [0.1, 0.15) is 51.8 Å². The fourth-order valence-electron chi connectivity index (χ4n) is 2.03. The van der Waals surface area contributed by atoms with Crippen LogP contribution in [0.25, 0.3) is 11.4 Å². The van der Waals surface area contributed by atoms with E-state index in [0.29, 0.717) is 17.6 Å². The van der Waals surface area contributed by atoms with Crippen LogP contribution in [0.3, 0.4) is 0 Å². The first kappa shape index (κ1) is 14.5. The zero-order chi connectivity index (χ0) is 14.9. The highest BCUT2D eigenvalue weighted by molar-refractivity contribution is 5.58. The third-order valence-corrected chi connectivity index (χ3v) is 3.37. The van der Waals surface area contributed by atoms with E-state index in [1.54, 1.807) is 0 Å². The second-order valence-electron chi connectivity index (χ2n) is 6.52. The Morgan fingerprint density at radius 3 is 2.10 bits per heavy atom. The van der Waals surface area contributed by atoms with Gasteiger partial charge in [-0.05, 0) is 16.9 Å². The van der Waals surface area contributed by atoms with Gasteiger partial charge in [-0.15, -0.1) is 0 Å². The van der Waals surface area contributed by atoms with Crippen molar-refractivity contribution in [2.24, 2.45) is 0 Å². The van der Waals surface area contributed by atoms with Gasteiger partial charge in [0.15, 0.2) is 5.82 Å². The number of hydrogen-bond acceptors (Lipinski definition) is 3. The summed E-state index contributed by atoms with van der Waals surface area (Å²) < 4.78 is 0. The first-order valence-corrected chi connectivity index (χ1v) is 7.03. The molecule has 1 aromatic carbocycles. The first-order valence-electron chi connectivity index (χ1n) is 7.03. The van der Waals surface area contributed by atoms with Gasteiger partial charge in [0.2, 0.25) is 0 Å². The predicted octanol–water partition coefficient (Wildman–Crippen LogP) is 4.15. The van der Waals surface area contributed by atoms with Crippen molar-refractivity contribution in [3.05, 3.63) is 41.6 Å². The summed E-state index contributed by atoms with van der Waals surface area (Å²) in [6.45, 7) is 10.8. The molecule has 106 valence electrons. The van der Waals surface area contributed by atoms with E-state index in [-0.39, 0.29) is 5.41 Å². The highest BCUT2D eigenvalue weighted by Gasteiger charge is 2.14. The molecule has 2 rings (SSSR count). The van der Waals surface area contributed by atoms with Crippen LogP contribution in [0.4, 0.5) is 5.82 Å². The standard InChI is InChI=1S/C17H23N3/c1-11(2)14-10-15(18)20-16(19-14)12-6-8-13(9-7-12)17(3,4)5/h6-11H,1-5H3,(H2,18,19,20). The van der Waals surface area contributed by atoms with Crippen molar-refractivity contribution in [1.82, 2.24) is 9.97 Å². The molecule has 0 amide bonds. The minimum absolute atomic E-state index is 0.151. The van der Waals surface area contributed by atoms with Gasteiger partial charge in [-0.1, -0.05) is 58.9 Å². The van der Waals surface area contributed by atoms with E-state index in [2.05, 4.69) is 68.9 Å². The van der Waals surface area contributed by atoms with Gasteiger partial charge in [-0.25, -0.2) is 9.97 Å². The van der Waals surface area contributed by atoms with Crippen molar-refractivity contribution < 1.29 is 0 Å². The van der Waals surface area contributed by atoms with Crippen molar-refractivity contribution in [1.29, 1.82) is 0 Å². The minimum atomic E-state index is 0.151. The Morgan fingerprint density at radius 2 is 1.60 bits per heavy atom. The van der Waals surface area contributed by atoms with Gasteiger partial charge in [-0.3, -0.25) is 0 Å². The summed E-state index contributed by atoms with van der Waals surface area (Å²) in [7, 11) is 0. The van der Waals surface area contributed by atoms with Gasteiger partial charge in [0.05, 0.1) is 0 Å². The zero-order valence-corrected chi connectivity index (χ0v) is 12.9. The van der Waals surface area contributed by atoms with E-state index in [9.17, 15) is 0 Å².